The Morgan fingerprint density at radius 2 is 2.56 bits per heavy atom. The Balaban J connectivity index is 2.24. The van der Waals surface area contributed by atoms with Crippen LogP contribution >= 0.6 is 0 Å². The molecule has 1 aliphatic carbocycles. The molecule has 9 heavy (non-hydrogen) atoms. The number of hydrogen-bond acceptors (Lipinski definition) is 2. The van der Waals surface area contributed by atoms with Gasteiger partial charge in [-0.1, -0.05) is 0 Å². The summed E-state index contributed by atoms with van der Waals surface area (Å²) in [5, 5.41) is 2.76. The van der Waals surface area contributed by atoms with Crippen molar-refractivity contribution in [3.63, 3.8) is 0 Å². The van der Waals surface area contributed by atoms with Gasteiger partial charge in [0.25, 0.3) is 0 Å². The average molecular weight is 126 g/mol. The first-order chi connectivity index (χ1) is 4.22. The molecule has 2 aliphatic rings. The number of nitrogens with two attached hydrogens (primary N) is 1. The average Bonchev–Trinajstić information content (AvgIpc) is 1.93. The van der Waals surface area contributed by atoms with E-state index >= 15 is 0 Å². The zero-order valence-electron chi connectivity index (χ0n) is 5.18. The van der Waals surface area contributed by atoms with E-state index in [1.807, 2.05) is 0 Å². The molecule has 0 aromatic heterocycles. The number of hydrogen-bond donors (Lipinski definition) is 2. The number of carbonyl (C=O) groups excluding carboxylic acids is 1. The van der Waals surface area contributed by atoms with Gasteiger partial charge in [0.2, 0.25) is 5.91 Å². The Bertz CT molecular complexity index is 168. The number of rotatable bonds is 0. The summed E-state index contributed by atoms with van der Waals surface area (Å²) in [6.45, 7) is 0.691. The molecular formula is C6H10N2O. The molecule has 1 saturated heterocycles. The van der Waals surface area contributed by atoms with Crippen LogP contribution in [0.15, 0.2) is 0 Å². The Morgan fingerprint density at radius 1 is 1.78 bits per heavy atom. The van der Waals surface area contributed by atoms with Crippen LogP contribution in [0, 0.1) is 5.92 Å². The molecule has 3 nitrogen and oxygen atoms in total. The van der Waals surface area contributed by atoms with E-state index in [1.165, 1.54) is 0 Å². The lowest BCUT2D eigenvalue weighted by Crippen LogP contribution is -2.55. The van der Waals surface area contributed by atoms with Crippen LogP contribution in [0.4, 0.5) is 0 Å². The Morgan fingerprint density at radius 3 is 2.78 bits per heavy atom. The van der Waals surface area contributed by atoms with Gasteiger partial charge in [0.05, 0.1) is 5.92 Å². The fourth-order valence-electron chi connectivity index (χ4n) is 1.64. The van der Waals surface area contributed by atoms with Gasteiger partial charge in [0.1, 0.15) is 0 Å². The summed E-state index contributed by atoms with van der Waals surface area (Å²) < 4.78 is 0. The van der Waals surface area contributed by atoms with Gasteiger partial charge in [-0.15, -0.1) is 0 Å². The minimum absolute atomic E-state index is 0.137. The molecule has 1 aliphatic heterocycles. The zero-order chi connectivity index (χ0) is 6.48. The van der Waals surface area contributed by atoms with Gasteiger partial charge in [0.15, 0.2) is 0 Å². The van der Waals surface area contributed by atoms with Gasteiger partial charge in [-0.2, -0.15) is 0 Å². The molecule has 2 fully saturated rings. The van der Waals surface area contributed by atoms with Crippen molar-refractivity contribution in [1.29, 1.82) is 0 Å². The molecule has 1 amide bonds. The molecule has 50 valence electrons. The lowest BCUT2D eigenvalue weighted by Gasteiger charge is -2.38. The van der Waals surface area contributed by atoms with Gasteiger partial charge in [-0.3, -0.25) is 4.79 Å². The van der Waals surface area contributed by atoms with Crippen LogP contribution in [0.3, 0.4) is 0 Å². The summed E-state index contributed by atoms with van der Waals surface area (Å²) in [5.41, 5.74) is 5.66. The Kier molecular flexibility index (Phi) is 0.750. The SMILES string of the molecule is NC12CCC1C(=O)NC2. The van der Waals surface area contributed by atoms with E-state index in [0.29, 0.717) is 6.54 Å². The maximum absolute atomic E-state index is 10.8. The fourth-order valence-corrected chi connectivity index (χ4v) is 1.64. The summed E-state index contributed by atoms with van der Waals surface area (Å²) in [6, 6.07) is 0. The normalized spacial score (nSPS) is 47.7. The van der Waals surface area contributed by atoms with E-state index in [0.717, 1.165) is 12.8 Å². The molecule has 0 bridgehead atoms. The highest BCUT2D eigenvalue weighted by Crippen LogP contribution is 2.39. The van der Waals surface area contributed by atoms with Crippen molar-refractivity contribution in [2.24, 2.45) is 11.7 Å². The van der Waals surface area contributed by atoms with Gasteiger partial charge in [-0.05, 0) is 12.8 Å². The fraction of sp³-hybridized carbons (Fsp3) is 0.833. The second-order valence-corrected chi connectivity index (χ2v) is 3.04. The summed E-state index contributed by atoms with van der Waals surface area (Å²) in [5.74, 6) is 0.293. The van der Waals surface area contributed by atoms with Crippen LogP contribution in [0.25, 0.3) is 0 Å². The van der Waals surface area contributed by atoms with Gasteiger partial charge >= 0.3 is 0 Å². The quantitative estimate of drug-likeness (QED) is 0.447. The topological polar surface area (TPSA) is 55.1 Å². The van der Waals surface area contributed by atoms with E-state index < -0.39 is 0 Å². The maximum Gasteiger partial charge on any atom is 0.225 e. The second kappa shape index (κ2) is 1.29. The largest absolute Gasteiger partial charge is 0.354 e. The second-order valence-electron chi connectivity index (χ2n) is 3.04. The van der Waals surface area contributed by atoms with E-state index in [2.05, 4.69) is 5.32 Å². The molecule has 0 spiro atoms. The Hall–Kier alpha value is -0.570. The summed E-state index contributed by atoms with van der Waals surface area (Å²) in [4.78, 5) is 10.8. The first-order valence-corrected chi connectivity index (χ1v) is 3.29. The van der Waals surface area contributed by atoms with Crippen molar-refractivity contribution < 1.29 is 4.79 Å². The van der Waals surface area contributed by atoms with Crippen molar-refractivity contribution >= 4 is 5.91 Å². The van der Waals surface area contributed by atoms with E-state index in [4.69, 9.17) is 5.73 Å². The number of fused-ring (bicyclic) bond motifs is 1. The molecule has 0 radical (unpaired) electrons. The van der Waals surface area contributed by atoms with Crippen LogP contribution < -0.4 is 11.1 Å². The smallest absolute Gasteiger partial charge is 0.225 e. The lowest BCUT2D eigenvalue weighted by atomic mass is 9.69. The molecule has 0 aromatic rings. The van der Waals surface area contributed by atoms with Crippen LogP contribution in [0.1, 0.15) is 12.8 Å². The van der Waals surface area contributed by atoms with Crippen LogP contribution in [0.5, 0.6) is 0 Å². The van der Waals surface area contributed by atoms with Crippen molar-refractivity contribution in [3.8, 4) is 0 Å². The molecule has 3 heteroatoms. The minimum atomic E-state index is -0.156. The maximum atomic E-state index is 10.8. The van der Waals surface area contributed by atoms with Gasteiger partial charge in [-0.25, -0.2) is 0 Å². The van der Waals surface area contributed by atoms with Gasteiger partial charge < -0.3 is 11.1 Å². The highest BCUT2D eigenvalue weighted by Gasteiger charge is 2.52. The first-order valence-electron chi connectivity index (χ1n) is 3.29. The molecule has 0 aromatic carbocycles. The van der Waals surface area contributed by atoms with Crippen LogP contribution in [-0.4, -0.2) is 18.0 Å². The third kappa shape index (κ3) is 0.477. The molecule has 3 N–H and O–H groups in total. The Labute approximate surface area is 53.6 Å². The number of nitrogens with one attached hydrogen (secondary N) is 1. The highest BCUT2D eigenvalue weighted by molar-refractivity contribution is 5.84. The van der Waals surface area contributed by atoms with E-state index in [9.17, 15) is 4.79 Å². The van der Waals surface area contributed by atoms with E-state index in [-0.39, 0.29) is 17.4 Å². The third-order valence-electron chi connectivity index (χ3n) is 2.50. The van der Waals surface area contributed by atoms with Crippen LogP contribution in [0.2, 0.25) is 0 Å². The van der Waals surface area contributed by atoms with E-state index in [1.54, 1.807) is 0 Å². The number of amides is 1. The molecule has 1 heterocycles. The molecular weight excluding hydrogens is 116 g/mol. The van der Waals surface area contributed by atoms with Crippen LogP contribution in [-0.2, 0) is 4.79 Å². The predicted octanol–water partition coefficient (Wildman–Crippen LogP) is -0.776. The highest BCUT2D eigenvalue weighted by atomic mass is 16.2. The molecule has 2 rings (SSSR count). The molecule has 2 atom stereocenters. The van der Waals surface area contributed by atoms with Crippen molar-refractivity contribution in [2.45, 2.75) is 18.4 Å². The standard InChI is InChI=1S/C6H10N2O/c7-6-2-1-4(6)5(9)8-3-6/h4H,1-3,7H2,(H,8,9). The third-order valence-corrected chi connectivity index (χ3v) is 2.50. The predicted molar refractivity (Wildman–Crippen MR) is 32.7 cm³/mol. The monoisotopic (exact) mass is 126 g/mol. The summed E-state index contributed by atoms with van der Waals surface area (Å²) in [6.07, 6.45) is 2.00. The first kappa shape index (κ1) is 5.23. The minimum Gasteiger partial charge on any atom is -0.354 e. The van der Waals surface area contributed by atoms with Crippen molar-refractivity contribution in [2.75, 3.05) is 6.54 Å². The summed E-state index contributed by atoms with van der Waals surface area (Å²) >= 11 is 0. The summed E-state index contributed by atoms with van der Waals surface area (Å²) in [7, 11) is 0. The van der Waals surface area contributed by atoms with Crippen molar-refractivity contribution in [3.05, 3.63) is 0 Å². The zero-order valence-corrected chi connectivity index (χ0v) is 5.18. The lowest BCUT2D eigenvalue weighted by molar-refractivity contribution is -0.125. The number of carbonyl (C=O) groups is 1. The van der Waals surface area contributed by atoms with Gasteiger partial charge in [0, 0.05) is 12.1 Å². The molecule has 2 unspecified atom stereocenters. The van der Waals surface area contributed by atoms with Crippen molar-refractivity contribution in [1.82, 2.24) is 5.32 Å². The molecule has 1 saturated carbocycles.